The van der Waals surface area contributed by atoms with Crippen LogP contribution in [0, 0.1) is 6.92 Å². The summed E-state index contributed by atoms with van der Waals surface area (Å²) in [5.74, 6) is 0.898. The third-order valence-electron chi connectivity index (χ3n) is 3.83. The van der Waals surface area contributed by atoms with Gasteiger partial charge in [-0.25, -0.2) is 0 Å². The summed E-state index contributed by atoms with van der Waals surface area (Å²) in [6, 6.07) is 22.7. The summed E-state index contributed by atoms with van der Waals surface area (Å²) in [5, 5.41) is 3.44. The van der Waals surface area contributed by atoms with Gasteiger partial charge in [-0.1, -0.05) is 61.7 Å². The second-order valence-corrected chi connectivity index (χ2v) is 7.72. The van der Waals surface area contributed by atoms with Crippen molar-refractivity contribution in [2.45, 2.75) is 20.1 Å². The number of nitrogens with one attached hydrogen (secondary N) is 1. The maximum absolute atomic E-state index is 6.07. The molecule has 0 fully saturated rings. The molecule has 0 heterocycles. The summed E-state index contributed by atoms with van der Waals surface area (Å²) in [6.45, 7) is 3.36. The molecule has 3 aromatic carbocycles. The summed E-state index contributed by atoms with van der Waals surface area (Å²) >= 11 is 7.00. The van der Waals surface area contributed by atoms with Crippen LogP contribution in [-0.2, 0) is 13.2 Å². The molecular formula is C21H19Br2NO. The number of benzene rings is 3. The molecule has 128 valence electrons. The lowest BCUT2D eigenvalue weighted by Gasteiger charge is -2.14. The highest BCUT2D eigenvalue weighted by Crippen LogP contribution is 2.25. The van der Waals surface area contributed by atoms with E-state index < -0.39 is 0 Å². The molecule has 25 heavy (non-hydrogen) atoms. The number of hydrogen-bond donors (Lipinski definition) is 1. The Morgan fingerprint density at radius 2 is 1.64 bits per heavy atom. The smallest absolute Gasteiger partial charge is 0.124 e. The molecule has 2 nitrogen and oxygen atoms in total. The molecule has 3 aromatic rings. The maximum Gasteiger partial charge on any atom is 0.124 e. The zero-order valence-corrected chi connectivity index (χ0v) is 17.1. The van der Waals surface area contributed by atoms with Gasteiger partial charge in [-0.15, -0.1) is 0 Å². The molecule has 0 atom stereocenters. The van der Waals surface area contributed by atoms with Crippen molar-refractivity contribution in [1.82, 2.24) is 0 Å². The zero-order chi connectivity index (χ0) is 17.6. The average molecular weight is 461 g/mol. The minimum Gasteiger partial charge on any atom is -0.489 e. The number of hydrogen-bond acceptors (Lipinski definition) is 2. The lowest BCUT2D eigenvalue weighted by molar-refractivity contribution is 0.303. The normalized spacial score (nSPS) is 10.5. The Morgan fingerprint density at radius 3 is 2.40 bits per heavy atom. The molecule has 0 unspecified atom stereocenters. The maximum atomic E-state index is 6.07. The summed E-state index contributed by atoms with van der Waals surface area (Å²) in [7, 11) is 0. The van der Waals surface area contributed by atoms with E-state index in [1.807, 2.05) is 24.3 Å². The third-order valence-corrected chi connectivity index (χ3v) is 4.85. The van der Waals surface area contributed by atoms with Gasteiger partial charge in [-0.2, -0.15) is 0 Å². The van der Waals surface area contributed by atoms with Gasteiger partial charge in [0.1, 0.15) is 12.4 Å². The number of aryl methyl sites for hydroxylation is 1. The lowest BCUT2D eigenvalue weighted by atomic mass is 10.1. The molecule has 0 aliphatic rings. The molecule has 0 spiro atoms. The SMILES string of the molecule is Cc1cccc(COc2ccc(Br)cc2CNc2ccc(Br)cc2)c1. The molecular weight excluding hydrogens is 442 g/mol. The summed E-state index contributed by atoms with van der Waals surface area (Å²) in [4.78, 5) is 0. The Hall–Kier alpha value is -1.78. The lowest BCUT2D eigenvalue weighted by Crippen LogP contribution is -2.04. The van der Waals surface area contributed by atoms with Crippen LogP contribution in [0.4, 0.5) is 5.69 Å². The van der Waals surface area contributed by atoms with E-state index >= 15 is 0 Å². The van der Waals surface area contributed by atoms with Crippen molar-refractivity contribution in [2.75, 3.05) is 5.32 Å². The second kappa shape index (κ2) is 8.54. The van der Waals surface area contributed by atoms with Crippen molar-refractivity contribution in [1.29, 1.82) is 0 Å². The van der Waals surface area contributed by atoms with Gasteiger partial charge in [0.05, 0.1) is 0 Å². The molecule has 0 amide bonds. The van der Waals surface area contributed by atoms with Gasteiger partial charge in [0.15, 0.2) is 0 Å². The first-order valence-corrected chi connectivity index (χ1v) is 9.65. The topological polar surface area (TPSA) is 21.3 Å². The van der Waals surface area contributed by atoms with Gasteiger partial charge in [0.25, 0.3) is 0 Å². The third kappa shape index (κ3) is 5.35. The van der Waals surface area contributed by atoms with Crippen molar-refractivity contribution < 1.29 is 4.74 Å². The summed E-state index contributed by atoms with van der Waals surface area (Å²) < 4.78 is 8.19. The minimum atomic E-state index is 0.564. The summed E-state index contributed by atoms with van der Waals surface area (Å²) in [6.07, 6.45) is 0. The van der Waals surface area contributed by atoms with E-state index in [1.54, 1.807) is 0 Å². The number of halogens is 2. The summed E-state index contributed by atoms with van der Waals surface area (Å²) in [5.41, 5.74) is 4.61. The zero-order valence-electron chi connectivity index (χ0n) is 13.9. The highest BCUT2D eigenvalue weighted by Gasteiger charge is 2.06. The average Bonchev–Trinajstić information content (AvgIpc) is 2.60. The van der Waals surface area contributed by atoms with Crippen LogP contribution in [-0.4, -0.2) is 0 Å². The van der Waals surface area contributed by atoms with Crippen molar-refractivity contribution in [2.24, 2.45) is 0 Å². The molecule has 0 bridgehead atoms. The van der Waals surface area contributed by atoms with Crippen LogP contribution in [0.3, 0.4) is 0 Å². The first kappa shape index (κ1) is 18.0. The van der Waals surface area contributed by atoms with Gasteiger partial charge < -0.3 is 10.1 Å². The van der Waals surface area contributed by atoms with Crippen LogP contribution in [0.5, 0.6) is 5.75 Å². The van der Waals surface area contributed by atoms with E-state index in [-0.39, 0.29) is 0 Å². The predicted octanol–water partition coefficient (Wildman–Crippen LogP) is 6.71. The molecule has 1 N–H and O–H groups in total. The molecule has 4 heteroatoms. The highest BCUT2D eigenvalue weighted by atomic mass is 79.9. The van der Waals surface area contributed by atoms with Gasteiger partial charge >= 0.3 is 0 Å². The molecule has 0 aliphatic carbocycles. The first-order chi connectivity index (χ1) is 12.1. The van der Waals surface area contributed by atoms with Crippen LogP contribution in [0.1, 0.15) is 16.7 Å². The molecule has 0 aromatic heterocycles. The van der Waals surface area contributed by atoms with E-state index in [0.717, 1.165) is 25.9 Å². The molecule has 3 rings (SSSR count). The van der Waals surface area contributed by atoms with Crippen LogP contribution >= 0.6 is 31.9 Å². The minimum absolute atomic E-state index is 0.564. The Kier molecular flexibility index (Phi) is 6.16. The van der Waals surface area contributed by atoms with E-state index in [0.29, 0.717) is 13.2 Å². The molecule has 0 aliphatic heterocycles. The Labute approximate surface area is 165 Å². The second-order valence-electron chi connectivity index (χ2n) is 5.89. The Balaban J connectivity index is 1.70. The van der Waals surface area contributed by atoms with Crippen molar-refractivity contribution in [3.8, 4) is 5.75 Å². The van der Waals surface area contributed by atoms with E-state index in [9.17, 15) is 0 Å². The van der Waals surface area contributed by atoms with E-state index in [1.165, 1.54) is 11.1 Å². The number of ether oxygens (including phenoxy) is 1. The monoisotopic (exact) mass is 459 g/mol. The fraction of sp³-hybridized carbons (Fsp3) is 0.143. The first-order valence-electron chi connectivity index (χ1n) is 8.06. The van der Waals surface area contributed by atoms with Crippen LogP contribution in [0.25, 0.3) is 0 Å². The number of rotatable bonds is 6. The van der Waals surface area contributed by atoms with Crippen LogP contribution < -0.4 is 10.1 Å². The quantitative estimate of drug-likeness (QED) is 0.441. The van der Waals surface area contributed by atoms with Crippen LogP contribution in [0.15, 0.2) is 75.7 Å². The highest BCUT2D eigenvalue weighted by molar-refractivity contribution is 9.10. The van der Waals surface area contributed by atoms with E-state index in [4.69, 9.17) is 4.74 Å². The van der Waals surface area contributed by atoms with Crippen molar-refractivity contribution >= 4 is 37.5 Å². The van der Waals surface area contributed by atoms with Gasteiger partial charge in [-0.05, 0) is 55.0 Å². The fourth-order valence-corrected chi connectivity index (χ4v) is 3.23. The Morgan fingerprint density at radius 1 is 0.880 bits per heavy atom. The Bertz CT molecular complexity index is 847. The standard InChI is InChI=1S/C21H19Br2NO/c1-15-3-2-4-16(11-15)14-25-21-10-7-19(23)12-17(21)13-24-20-8-5-18(22)6-9-20/h2-12,24H,13-14H2,1H3. The number of anilines is 1. The van der Waals surface area contributed by atoms with E-state index in [2.05, 4.69) is 86.6 Å². The van der Waals surface area contributed by atoms with Gasteiger partial charge in [-0.3, -0.25) is 0 Å². The molecule has 0 saturated carbocycles. The van der Waals surface area contributed by atoms with Gasteiger partial charge in [0, 0.05) is 26.7 Å². The van der Waals surface area contributed by atoms with Crippen molar-refractivity contribution in [3.05, 3.63) is 92.4 Å². The van der Waals surface area contributed by atoms with Crippen molar-refractivity contribution in [3.63, 3.8) is 0 Å². The van der Waals surface area contributed by atoms with Gasteiger partial charge in [0.2, 0.25) is 0 Å². The fourth-order valence-electron chi connectivity index (χ4n) is 2.56. The molecule has 0 radical (unpaired) electrons. The molecule has 0 saturated heterocycles. The largest absolute Gasteiger partial charge is 0.489 e. The van der Waals surface area contributed by atoms with Crippen LogP contribution in [0.2, 0.25) is 0 Å². The predicted molar refractivity (Wildman–Crippen MR) is 111 cm³/mol.